The number of nitrogens with zero attached hydrogens (tertiary/aromatic N) is 2. The second-order valence-corrected chi connectivity index (χ2v) is 16.5. The molecule has 0 saturated carbocycles. The predicted molar refractivity (Wildman–Crippen MR) is 307 cm³/mol. The topological polar surface area (TPSA) is 8.17 Å². The largest absolute Gasteiger partial charge is 0.338 e. The van der Waals surface area contributed by atoms with Gasteiger partial charge in [0.2, 0.25) is 0 Å². The Morgan fingerprint density at radius 2 is 1.51 bits per heavy atom. The van der Waals surface area contributed by atoms with Gasteiger partial charge in [-0.25, -0.2) is 0 Å². The van der Waals surface area contributed by atoms with Crippen LogP contribution in [0.2, 0.25) is 0 Å². The molecule has 5 rings (SSSR count). The van der Waals surface area contributed by atoms with Gasteiger partial charge < -0.3 is 9.47 Å². The first-order valence-corrected chi connectivity index (χ1v) is 23.7. The third-order valence-corrected chi connectivity index (χ3v) is 11.9. The van der Waals surface area contributed by atoms with Crippen molar-refractivity contribution in [3.8, 4) is 0 Å². The van der Waals surface area contributed by atoms with Crippen LogP contribution < -0.4 is 4.90 Å². The Hall–Kier alpha value is -7.68. The number of benzene rings is 3. The fourth-order valence-corrected chi connectivity index (χ4v) is 8.62. The molecule has 68 heavy (non-hydrogen) atoms. The van der Waals surface area contributed by atoms with Gasteiger partial charge in [-0.05, 0) is 132 Å². The van der Waals surface area contributed by atoms with Crippen molar-refractivity contribution in [2.75, 3.05) is 11.4 Å². The molecular weight excluding hydrogens is 821 g/mol. The van der Waals surface area contributed by atoms with Gasteiger partial charge in [0.1, 0.15) is 0 Å². The van der Waals surface area contributed by atoms with Gasteiger partial charge in [-0.3, -0.25) is 0 Å². The summed E-state index contributed by atoms with van der Waals surface area (Å²) in [6.07, 6.45) is 57.0. The van der Waals surface area contributed by atoms with Crippen LogP contribution in [0.4, 0.5) is 5.69 Å². The molecule has 1 unspecified atom stereocenters. The molecule has 0 aliphatic heterocycles. The van der Waals surface area contributed by atoms with Crippen molar-refractivity contribution in [3.05, 3.63) is 278 Å². The highest BCUT2D eigenvalue weighted by molar-refractivity contribution is 6.04. The van der Waals surface area contributed by atoms with Crippen LogP contribution in [0, 0.1) is 6.92 Å². The molecule has 1 heterocycles. The van der Waals surface area contributed by atoms with Crippen LogP contribution in [-0.2, 0) is 6.42 Å². The van der Waals surface area contributed by atoms with Gasteiger partial charge in [-0.1, -0.05) is 217 Å². The lowest BCUT2D eigenvalue weighted by Crippen LogP contribution is -2.21. The zero-order valence-corrected chi connectivity index (χ0v) is 41.2. The van der Waals surface area contributed by atoms with Gasteiger partial charge in [-0.15, -0.1) is 6.58 Å². The van der Waals surface area contributed by atoms with Crippen molar-refractivity contribution in [3.63, 3.8) is 0 Å². The highest BCUT2D eigenvalue weighted by Crippen LogP contribution is 2.40. The van der Waals surface area contributed by atoms with Crippen molar-refractivity contribution in [2.24, 2.45) is 0 Å². The molecule has 0 fully saturated rings. The number of hydrogen-bond donors (Lipinski definition) is 0. The molecule has 4 aromatic rings. The first kappa shape index (κ1) is 51.3. The van der Waals surface area contributed by atoms with E-state index in [2.05, 4.69) is 216 Å². The fourth-order valence-electron chi connectivity index (χ4n) is 8.62. The molecule has 0 radical (unpaired) electrons. The third kappa shape index (κ3) is 12.6. The van der Waals surface area contributed by atoms with Crippen molar-refractivity contribution >= 4 is 57.6 Å². The minimum absolute atomic E-state index is 0.104. The maximum absolute atomic E-state index is 4.58. The molecule has 1 aromatic heterocycles. The van der Waals surface area contributed by atoms with Crippen LogP contribution in [0.1, 0.15) is 96.8 Å². The van der Waals surface area contributed by atoms with Gasteiger partial charge in [0.25, 0.3) is 0 Å². The third-order valence-electron chi connectivity index (χ3n) is 11.9. The van der Waals surface area contributed by atoms with E-state index in [0.717, 1.165) is 64.3 Å². The van der Waals surface area contributed by atoms with Crippen LogP contribution in [0.3, 0.4) is 0 Å². The molecule has 1 atom stereocenters. The van der Waals surface area contributed by atoms with E-state index in [1.807, 2.05) is 61.6 Å². The molecular formula is C66H70N2. The van der Waals surface area contributed by atoms with Crippen molar-refractivity contribution in [2.45, 2.75) is 59.8 Å². The predicted octanol–water partition coefficient (Wildman–Crippen LogP) is 18.5. The van der Waals surface area contributed by atoms with Gasteiger partial charge in [0.05, 0.1) is 0 Å². The van der Waals surface area contributed by atoms with E-state index in [4.69, 9.17) is 0 Å². The number of aromatic nitrogens is 1. The molecule has 3 aromatic carbocycles. The molecule has 0 saturated heterocycles. The van der Waals surface area contributed by atoms with Crippen LogP contribution in [0.5, 0.6) is 0 Å². The Morgan fingerprint density at radius 3 is 2.21 bits per heavy atom. The zero-order chi connectivity index (χ0) is 48.8. The second kappa shape index (κ2) is 26.5. The summed E-state index contributed by atoms with van der Waals surface area (Å²) < 4.78 is 2.33. The van der Waals surface area contributed by atoms with E-state index in [9.17, 15) is 0 Å². The number of anilines is 1. The molecule has 1 aliphatic rings. The smallest absolute Gasteiger partial charge is 0.0491 e. The van der Waals surface area contributed by atoms with Gasteiger partial charge >= 0.3 is 0 Å². The van der Waals surface area contributed by atoms with Crippen LogP contribution in [-0.4, -0.2) is 11.1 Å². The molecule has 0 bridgehead atoms. The number of allylic oxidation sites excluding steroid dienone is 24. The minimum atomic E-state index is 0.104. The lowest BCUT2D eigenvalue weighted by Gasteiger charge is -2.25. The molecule has 0 spiro atoms. The van der Waals surface area contributed by atoms with Gasteiger partial charge in [0.15, 0.2) is 0 Å². The molecule has 2 nitrogen and oxygen atoms in total. The highest BCUT2D eigenvalue weighted by Gasteiger charge is 2.25. The standard InChI is InChI=1S/C66H70N2/c1-12-19-24-25-29-38-60-59(37-23-16-5)58(18-7)65(62-40-31-30-39-61(60)62)55(33-17-6)36-32-48-67(56-46-43-54(44-47-56)50(8)34-26-20-13-2)57-45-42-51(9)66-63(49-57)53(11)64(41-28-22-15-4)68(66)52(10)35-27-21-14-3/h12-15,17-21,23-37,39-47,49,51H,1-2,4,6-7,10,16,22,38,48H2,3,5,8-9,11H3/b21-14-,24-19-,26-20-,29-25-,35-27-,36-32-,37-23-,41-28?,50-34+,55-33+. The molecule has 2 heteroatoms. The minimum Gasteiger partial charge on any atom is -0.338 e. The Balaban J connectivity index is 1.72. The highest BCUT2D eigenvalue weighted by atomic mass is 15.1. The average Bonchev–Trinajstić information content (AvgIpc) is 3.51. The first-order valence-electron chi connectivity index (χ1n) is 23.7. The lowest BCUT2D eigenvalue weighted by atomic mass is 9.84. The Kier molecular flexibility index (Phi) is 20.0. The summed E-state index contributed by atoms with van der Waals surface area (Å²) in [5.74, 6) is 0.104. The van der Waals surface area contributed by atoms with Crippen LogP contribution in [0.25, 0.3) is 51.9 Å². The molecule has 344 valence electrons. The van der Waals surface area contributed by atoms with Crippen LogP contribution in [0.15, 0.2) is 227 Å². The van der Waals surface area contributed by atoms with E-state index in [-0.39, 0.29) is 5.92 Å². The van der Waals surface area contributed by atoms with Crippen molar-refractivity contribution in [1.29, 1.82) is 0 Å². The fraction of sp³-hybridized carbons (Fsp3) is 0.152. The van der Waals surface area contributed by atoms with E-state index in [1.54, 1.807) is 12.2 Å². The van der Waals surface area contributed by atoms with Crippen LogP contribution >= 0.6 is 0 Å². The number of hydrogen-bond acceptors (Lipinski definition) is 1. The summed E-state index contributed by atoms with van der Waals surface area (Å²) in [4.78, 5) is 2.41. The number of rotatable bonds is 23. The van der Waals surface area contributed by atoms with Crippen molar-refractivity contribution < 1.29 is 0 Å². The maximum Gasteiger partial charge on any atom is 0.0491 e. The van der Waals surface area contributed by atoms with Crippen molar-refractivity contribution in [1.82, 2.24) is 4.57 Å². The maximum atomic E-state index is 4.58. The zero-order valence-electron chi connectivity index (χ0n) is 41.2. The summed E-state index contributed by atoms with van der Waals surface area (Å²) in [6, 6.07) is 17.6. The van der Waals surface area contributed by atoms with E-state index in [1.165, 1.54) is 44.3 Å². The SMILES string of the molecule is C=C/C=C\C=C/Cc1c(/C=C\CC)c(C=C)c(C(/C=C\CN(C2=Cc3c(C)c(C=CCC=C)n(C(=C)/C=C\C=C/C)c3C(C)C=C2)c2ccc(/C(C)=C/C=C\C=C)cc2)=C/C=C)c2ccccc12. The summed E-state index contributed by atoms with van der Waals surface area (Å²) >= 11 is 0. The van der Waals surface area contributed by atoms with E-state index in [0.29, 0.717) is 6.54 Å². The summed E-state index contributed by atoms with van der Waals surface area (Å²) in [6.45, 7) is 36.2. The normalized spacial score (nSPS) is 14.7. The molecule has 1 aliphatic carbocycles. The average molecular weight is 891 g/mol. The molecule has 0 N–H and O–H groups in total. The Bertz CT molecular complexity index is 2870. The number of fused-ring (bicyclic) bond motifs is 2. The summed E-state index contributed by atoms with van der Waals surface area (Å²) in [5.41, 5.74) is 15.9. The Morgan fingerprint density at radius 1 is 0.765 bits per heavy atom. The second-order valence-electron chi connectivity index (χ2n) is 16.5. The van der Waals surface area contributed by atoms with Gasteiger partial charge in [-0.2, -0.15) is 0 Å². The first-order chi connectivity index (χ1) is 33.2. The van der Waals surface area contributed by atoms with Gasteiger partial charge in [0, 0.05) is 46.5 Å². The summed E-state index contributed by atoms with van der Waals surface area (Å²) in [5, 5.41) is 2.39. The summed E-state index contributed by atoms with van der Waals surface area (Å²) in [7, 11) is 0. The quantitative estimate of drug-likeness (QED) is 0.0532. The van der Waals surface area contributed by atoms with E-state index < -0.39 is 0 Å². The Labute approximate surface area is 409 Å². The lowest BCUT2D eigenvalue weighted by molar-refractivity contribution is 0.861. The van der Waals surface area contributed by atoms with E-state index >= 15 is 0 Å². The monoisotopic (exact) mass is 891 g/mol. The molecule has 0 amide bonds.